The first kappa shape index (κ1) is 16.3. The molecule has 0 aromatic heterocycles. The van der Waals surface area contributed by atoms with Gasteiger partial charge in [0.2, 0.25) is 0 Å². The van der Waals surface area contributed by atoms with E-state index < -0.39 is 0 Å². The summed E-state index contributed by atoms with van der Waals surface area (Å²) in [6, 6.07) is 8.24. The van der Waals surface area contributed by atoms with Gasteiger partial charge in [-0.05, 0) is 43.5 Å². The van der Waals surface area contributed by atoms with E-state index >= 15 is 0 Å². The first-order valence-electron chi connectivity index (χ1n) is 8.22. The highest BCUT2D eigenvalue weighted by Crippen LogP contribution is 2.33. The second-order valence-electron chi connectivity index (χ2n) is 5.95. The van der Waals surface area contributed by atoms with Gasteiger partial charge in [-0.15, -0.1) is 0 Å². The first-order valence-corrected chi connectivity index (χ1v) is 8.22. The number of likely N-dealkylation sites (N-methyl/N-ethyl adjacent to an activating group) is 1. The molecule has 118 valence electrons. The Labute approximate surface area is 129 Å². The second-order valence-corrected chi connectivity index (χ2v) is 5.95. The van der Waals surface area contributed by atoms with E-state index in [1.165, 1.54) is 37.7 Å². The van der Waals surface area contributed by atoms with Gasteiger partial charge in [0.15, 0.2) is 0 Å². The van der Waals surface area contributed by atoms with Crippen molar-refractivity contribution < 1.29 is 9.47 Å². The van der Waals surface area contributed by atoms with Gasteiger partial charge >= 0.3 is 0 Å². The van der Waals surface area contributed by atoms with Gasteiger partial charge in [0, 0.05) is 6.54 Å². The lowest BCUT2D eigenvalue weighted by Gasteiger charge is -2.34. The van der Waals surface area contributed by atoms with Crippen molar-refractivity contribution >= 4 is 0 Å². The van der Waals surface area contributed by atoms with E-state index in [-0.39, 0.29) is 6.10 Å². The molecule has 3 heteroatoms. The highest BCUT2D eigenvalue weighted by molar-refractivity contribution is 5.30. The summed E-state index contributed by atoms with van der Waals surface area (Å²) in [5.74, 6) is 1.61. The SMILES string of the molecule is CCC1CCCCC1OC(CNC)c1cccc(OC)c1. The van der Waals surface area contributed by atoms with Gasteiger partial charge < -0.3 is 14.8 Å². The Morgan fingerprint density at radius 3 is 2.81 bits per heavy atom. The highest BCUT2D eigenvalue weighted by atomic mass is 16.5. The van der Waals surface area contributed by atoms with E-state index in [9.17, 15) is 0 Å². The van der Waals surface area contributed by atoms with E-state index in [2.05, 4.69) is 24.4 Å². The summed E-state index contributed by atoms with van der Waals surface area (Å²) in [5.41, 5.74) is 1.20. The van der Waals surface area contributed by atoms with Gasteiger partial charge in [-0.1, -0.05) is 38.3 Å². The van der Waals surface area contributed by atoms with Gasteiger partial charge in [-0.3, -0.25) is 0 Å². The van der Waals surface area contributed by atoms with Crippen molar-refractivity contribution in [3.8, 4) is 5.75 Å². The maximum Gasteiger partial charge on any atom is 0.119 e. The molecular weight excluding hydrogens is 262 g/mol. The first-order chi connectivity index (χ1) is 10.3. The minimum absolute atomic E-state index is 0.0993. The zero-order valence-electron chi connectivity index (χ0n) is 13.6. The van der Waals surface area contributed by atoms with Crippen LogP contribution in [0.3, 0.4) is 0 Å². The minimum Gasteiger partial charge on any atom is -0.497 e. The van der Waals surface area contributed by atoms with Crippen molar-refractivity contribution in [3.63, 3.8) is 0 Å². The number of hydrogen-bond donors (Lipinski definition) is 1. The van der Waals surface area contributed by atoms with Gasteiger partial charge in [0.05, 0.1) is 19.3 Å². The van der Waals surface area contributed by atoms with Gasteiger partial charge in [-0.25, -0.2) is 0 Å². The van der Waals surface area contributed by atoms with Gasteiger partial charge in [-0.2, -0.15) is 0 Å². The lowest BCUT2D eigenvalue weighted by atomic mass is 9.84. The van der Waals surface area contributed by atoms with Crippen LogP contribution >= 0.6 is 0 Å². The summed E-state index contributed by atoms with van der Waals surface area (Å²) in [5, 5.41) is 3.26. The number of methoxy groups -OCH3 is 1. The Morgan fingerprint density at radius 2 is 2.10 bits per heavy atom. The maximum atomic E-state index is 6.50. The normalized spacial score (nSPS) is 23.8. The molecule has 1 aromatic carbocycles. The smallest absolute Gasteiger partial charge is 0.119 e. The summed E-state index contributed by atoms with van der Waals surface area (Å²) in [6.07, 6.45) is 6.87. The van der Waals surface area contributed by atoms with Crippen molar-refractivity contribution in [1.82, 2.24) is 5.32 Å². The molecule has 0 bridgehead atoms. The Bertz CT molecular complexity index is 421. The van der Waals surface area contributed by atoms with E-state index in [0.717, 1.165) is 12.3 Å². The molecule has 1 N–H and O–H groups in total. The van der Waals surface area contributed by atoms with Crippen molar-refractivity contribution in [2.45, 2.75) is 51.2 Å². The predicted molar refractivity (Wildman–Crippen MR) is 86.8 cm³/mol. The van der Waals surface area contributed by atoms with Crippen LogP contribution in [0.5, 0.6) is 5.75 Å². The molecule has 1 aliphatic rings. The summed E-state index contributed by atoms with van der Waals surface area (Å²) >= 11 is 0. The molecule has 0 radical (unpaired) electrons. The molecule has 1 saturated carbocycles. The summed E-state index contributed by atoms with van der Waals surface area (Å²) in [4.78, 5) is 0. The van der Waals surface area contributed by atoms with Crippen molar-refractivity contribution in [1.29, 1.82) is 0 Å². The molecule has 3 unspecified atom stereocenters. The van der Waals surface area contributed by atoms with Gasteiger partial charge in [0.25, 0.3) is 0 Å². The third kappa shape index (κ3) is 4.45. The quantitative estimate of drug-likeness (QED) is 0.825. The van der Waals surface area contributed by atoms with E-state index in [0.29, 0.717) is 12.0 Å². The Hall–Kier alpha value is -1.06. The average molecular weight is 291 g/mol. The van der Waals surface area contributed by atoms with E-state index in [1.54, 1.807) is 7.11 Å². The molecule has 0 saturated heterocycles. The summed E-state index contributed by atoms with van der Waals surface area (Å²) < 4.78 is 11.8. The van der Waals surface area contributed by atoms with Crippen LogP contribution in [-0.2, 0) is 4.74 Å². The van der Waals surface area contributed by atoms with Crippen LogP contribution < -0.4 is 10.1 Å². The number of ether oxygens (including phenoxy) is 2. The zero-order valence-corrected chi connectivity index (χ0v) is 13.6. The molecule has 0 heterocycles. The molecule has 3 nitrogen and oxygen atoms in total. The summed E-state index contributed by atoms with van der Waals surface area (Å²) in [6.45, 7) is 3.12. The molecule has 2 rings (SSSR count). The van der Waals surface area contributed by atoms with Crippen LogP contribution in [0.2, 0.25) is 0 Å². The fourth-order valence-electron chi connectivity index (χ4n) is 3.30. The van der Waals surface area contributed by atoms with Crippen molar-refractivity contribution in [2.24, 2.45) is 5.92 Å². The lowest BCUT2D eigenvalue weighted by molar-refractivity contribution is -0.0611. The fraction of sp³-hybridized carbons (Fsp3) is 0.667. The Morgan fingerprint density at radius 1 is 1.29 bits per heavy atom. The predicted octanol–water partition coefficient (Wildman–Crippen LogP) is 3.94. The Balaban J connectivity index is 2.10. The lowest BCUT2D eigenvalue weighted by Crippen LogP contribution is -2.31. The number of hydrogen-bond acceptors (Lipinski definition) is 3. The highest BCUT2D eigenvalue weighted by Gasteiger charge is 2.27. The van der Waals surface area contributed by atoms with Crippen LogP contribution in [0, 0.1) is 5.92 Å². The largest absolute Gasteiger partial charge is 0.497 e. The monoisotopic (exact) mass is 291 g/mol. The zero-order chi connectivity index (χ0) is 15.1. The molecule has 1 aliphatic carbocycles. The third-order valence-corrected chi connectivity index (χ3v) is 4.56. The van der Waals surface area contributed by atoms with Crippen LogP contribution in [0.25, 0.3) is 0 Å². The molecule has 1 fully saturated rings. The van der Waals surface area contributed by atoms with Crippen LogP contribution in [-0.4, -0.2) is 26.8 Å². The fourth-order valence-corrected chi connectivity index (χ4v) is 3.30. The van der Waals surface area contributed by atoms with Crippen molar-refractivity contribution in [3.05, 3.63) is 29.8 Å². The number of benzene rings is 1. The topological polar surface area (TPSA) is 30.5 Å². The molecule has 0 amide bonds. The molecule has 3 atom stereocenters. The second kappa shape index (κ2) is 8.40. The van der Waals surface area contributed by atoms with Crippen LogP contribution in [0.15, 0.2) is 24.3 Å². The Kier molecular flexibility index (Phi) is 6.52. The van der Waals surface area contributed by atoms with Gasteiger partial charge in [0.1, 0.15) is 5.75 Å². The molecule has 0 aliphatic heterocycles. The maximum absolute atomic E-state index is 6.50. The van der Waals surface area contributed by atoms with Crippen LogP contribution in [0.4, 0.5) is 0 Å². The molecular formula is C18H29NO2. The molecule has 1 aromatic rings. The van der Waals surface area contributed by atoms with Crippen LogP contribution in [0.1, 0.15) is 50.7 Å². The standard InChI is InChI=1S/C18H29NO2/c1-4-14-8-5-6-11-17(14)21-18(13-19-2)15-9-7-10-16(12-15)20-3/h7,9-10,12,14,17-19H,4-6,8,11,13H2,1-3H3. The molecule has 0 spiro atoms. The van der Waals surface area contributed by atoms with E-state index in [4.69, 9.17) is 9.47 Å². The van der Waals surface area contributed by atoms with E-state index in [1.807, 2.05) is 19.2 Å². The minimum atomic E-state index is 0.0993. The average Bonchev–Trinajstić information content (AvgIpc) is 2.55. The number of rotatable bonds is 7. The molecule has 21 heavy (non-hydrogen) atoms. The van der Waals surface area contributed by atoms with Crippen molar-refractivity contribution in [2.75, 3.05) is 20.7 Å². The summed E-state index contributed by atoms with van der Waals surface area (Å²) in [7, 11) is 3.69. The third-order valence-electron chi connectivity index (χ3n) is 4.56. The number of nitrogens with one attached hydrogen (secondary N) is 1.